The minimum Gasteiger partial charge on any atom is -0.393 e. The van der Waals surface area contributed by atoms with Gasteiger partial charge in [-0.25, -0.2) is 0 Å². The van der Waals surface area contributed by atoms with E-state index >= 15 is 0 Å². The van der Waals surface area contributed by atoms with Gasteiger partial charge in [0.2, 0.25) is 0 Å². The third kappa shape index (κ3) is 5.21. The zero-order valence-corrected chi connectivity index (χ0v) is 13.1. The number of nitrogens with one attached hydrogen (secondary N) is 1. The summed E-state index contributed by atoms with van der Waals surface area (Å²) in [4.78, 5) is 22.2. The van der Waals surface area contributed by atoms with E-state index in [-0.39, 0.29) is 22.8 Å². The highest BCUT2D eigenvalue weighted by atomic mass is 16.6. The number of nitro groups is 1. The standard InChI is InChI=1S/C16H23N3O4/c17-14-8-7-12(11-15(14)19(21)22)16(20)18-9-4-10-23-13-5-2-1-3-6-13/h7-8,11,13H,1-6,9-10,17H2,(H,18,20). The molecule has 0 spiro atoms. The van der Waals surface area contributed by atoms with Crippen LogP contribution in [0.25, 0.3) is 0 Å². The quantitative estimate of drug-likeness (QED) is 0.347. The second-order valence-corrected chi connectivity index (χ2v) is 5.77. The average molecular weight is 321 g/mol. The van der Waals surface area contributed by atoms with Crippen molar-refractivity contribution >= 4 is 17.3 Å². The lowest BCUT2D eigenvalue weighted by atomic mass is 9.98. The molecular formula is C16H23N3O4. The Labute approximate surface area is 135 Å². The number of carbonyl (C=O) groups excluding carboxylic acids is 1. The number of carbonyl (C=O) groups is 1. The molecule has 23 heavy (non-hydrogen) atoms. The van der Waals surface area contributed by atoms with Gasteiger partial charge < -0.3 is 15.8 Å². The summed E-state index contributed by atoms with van der Waals surface area (Å²) in [5, 5.41) is 13.6. The lowest BCUT2D eigenvalue weighted by Gasteiger charge is -2.21. The van der Waals surface area contributed by atoms with E-state index in [4.69, 9.17) is 10.5 Å². The maximum Gasteiger partial charge on any atom is 0.292 e. The van der Waals surface area contributed by atoms with E-state index in [1.807, 2.05) is 0 Å². The molecule has 3 N–H and O–H groups in total. The van der Waals surface area contributed by atoms with Crippen molar-refractivity contribution in [1.82, 2.24) is 5.32 Å². The van der Waals surface area contributed by atoms with Gasteiger partial charge in [0.15, 0.2) is 0 Å². The fourth-order valence-corrected chi connectivity index (χ4v) is 2.70. The number of hydrogen-bond acceptors (Lipinski definition) is 5. The molecule has 0 unspecified atom stereocenters. The molecule has 1 fully saturated rings. The topological polar surface area (TPSA) is 107 Å². The zero-order chi connectivity index (χ0) is 16.7. The van der Waals surface area contributed by atoms with Crippen molar-refractivity contribution in [3.05, 3.63) is 33.9 Å². The monoisotopic (exact) mass is 321 g/mol. The van der Waals surface area contributed by atoms with Crippen LogP contribution in [0.5, 0.6) is 0 Å². The van der Waals surface area contributed by atoms with Crippen molar-refractivity contribution in [2.45, 2.75) is 44.6 Å². The minimum atomic E-state index is -0.593. The fraction of sp³-hybridized carbons (Fsp3) is 0.562. The van der Waals surface area contributed by atoms with Crippen LogP contribution in [0.3, 0.4) is 0 Å². The van der Waals surface area contributed by atoms with Gasteiger partial charge in [-0.05, 0) is 31.4 Å². The number of amides is 1. The van der Waals surface area contributed by atoms with Gasteiger partial charge in [0, 0.05) is 24.8 Å². The molecule has 1 aliphatic carbocycles. The molecule has 1 aromatic rings. The number of nitro benzene ring substituents is 1. The highest BCUT2D eigenvalue weighted by Crippen LogP contribution is 2.22. The summed E-state index contributed by atoms with van der Waals surface area (Å²) in [6.07, 6.45) is 7.10. The number of nitrogen functional groups attached to an aromatic ring is 1. The molecule has 0 aromatic heterocycles. The highest BCUT2D eigenvalue weighted by molar-refractivity contribution is 5.95. The van der Waals surface area contributed by atoms with Gasteiger partial charge in [0.1, 0.15) is 5.69 Å². The van der Waals surface area contributed by atoms with Gasteiger partial charge in [-0.3, -0.25) is 14.9 Å². The molecule has 0 bridgehead atoms. The van der Waals surface area contributed by atoms with Crippen LogP contribution in [0, 0.1) is 10.1 Å². The SMILES string of the molecule is Nc1ccc(C(=O)NCCCOC2CCCCC2)cc1[N+](=O)[O-]. The summed E-state index contributed by atoms with van der Waals surface area (Å²) in [6, 6.07) is 4.05. The van der Waals surface area contributed by atoms with E-state index < -0.39 is 4.92 Å². The Bertz CT molecular complexity index is 556. The largest absolute Gasteiger partial charge is 0.393 e. The van der Waals surface area contributed by atoms with Crippen molar-refractivity contribution in [1.29, 1.82) is 0 Å². The summed E-state index contributed by atoms with van der Waals surface area (Å²) in [5.41, 5.74) is 5.54. The van der Waals surface area contributed by atoms with Crippen molar-refractivity contribution in [2.75, 3.05) is 18.9 Å². The van der Waals surface area contributed by atoms with Gasteiger partial charge in [-0.1, -0.05) is 19.3 Å². The number of nitrogens with two attached hydrogens (primary N) is 1. The van der Waals surface area contributed by atoms with E-state index in [9.17, 15) is 14.9 Å². The Morgan fingerprint density at radius 1 is 1.35 bits per heavy atom. The van der Waals surface area contributed by atoms with Crippen LogP contribution < -0.4 is 11.1 Å². The average Bonchev–Trinajstić information content (AvgIpc) is 2.55. The summed E-state index contributed by atoms with van der Waals surface area (Å²) in [5.74, 6) is -0.342. The first-order chi connectivity index (χ1) is 11.1. The second kappa shape index (κ2) is 8.47. The molecule has 0 radical (unpaired) electrons. The van der Waals surface area contributed by atoms with Gasteiger partial charge in [-0.2, -0.15) is 0 Å². The van der Waals surface area contributed by atoms with Gasteiger partial charge >= 0.3 is 0 Å². The molecule has 0 aliphatic heterocycles. The van der Waals surface area contributed by atoms with Crippen LogP contribution in [-0.2, 0) is 4.74 Å². The number of ether oxygens (including phenoxy) is 1. The molecule has 7 heteroatoms. The minimum absolute atomic E-state index is 0.0485. The van der Waals surface area contributed by atoms with E-state index in [0.29, 0.717) is 19.3 Å². The molecule has 0 heterocycles. The van der Waals surface area contributed by atoms with Crippen LogP contribution in [0.2, 0.25) is 0 Å². The smallest absolute Gasteiger partial charge is 0.292 e. The van der Waals surface area contributed by atoms with E-state index in [1.54, 1.807) is 0 Å². The maximum absolute atomic E-state index is 12.0. The first-order valence-electron chi connectivity index (χ1n) is 8.01. The van der Waals surface area contributed by atoms with Gasteiger partial charge in [-0.15, -0.1) is 0 Å². The molecule has 2 rings (SSSR count). The molecule has 1 amide bonds. The number of benzene rings is 1. The molecule has 1 saturated carbocycles. The molecular weight excluding hydrogens is 298 g/mol. The van der Waals surface area contributed by atoms with Gasteiger partial charge in [0.25, 0.3) is 11.6 Å². The fourth-order valence-electron chi connectivity index (χ4n) is 2.70. The Morgan fingerprint density at radius 3 is 2.78 bits per heavy atom. The zero-order valence-electron chi connectivity index (χ0n) is 13.1. The normalized spacial score (nSPS) is 15.3. The molecule has 126 valence electrons. The van der Waals surface area contributed by atoms with Crippen LogP contribution in [-0.4, -0.2) is 30.1 Å². The van der Waals surface area contributed by atoms with E-state index in [1.165, 1.54) is 37.5 Å². The predicted molar refractivity (Wildman–Crippen MR) is 87.3 cm³/mol. The van der Waals surface area contributed by atoms with E-state index in [0.717, 1.165) is 19.3 Å². The Kier molecular flexibility index (Phi) is 6.34. The Hall–Kier alpha value is -2.15. The van der Waals surface area contributed by atoms with Crippen LogP contribution in [0.4, 0.5) is 11.4 Å². The number of hydrogen-bond donors (Lipinski definition) is 2. The lowest BCUT2D eigenvalue weighted by molar-refractivity contribution is -0.383. The number of nitrogens with zero attached hydrogens (tertiary/aromatic N) is 1. The highest BCUT2D eigenvalue weighted by Gasteiger charge is 2.16. The first-order valence-corrected chi connectivity index (χ1v) is 8.01. The third-order valence-corrected chi connectivity index (χ3v) is 4.00. The van der Waals surface area contributed by atoms with Crippen LogP contribution >= 0.6 is 0 Å². The van der Waals surface area contributed by atoms with E-state index in [2.05, 4.69) is 5.32 Å². The third-order valence-electron chi connectivity index (χ3n) is 4.00. The molecule has 1 aromatic carbocycles. The van der Waals surface area contributed by atoms with Crippen molar-refractivity contribution in [3.63, 3.8) is 0 Å². The lowest BCUT2D eigenvalue weighted by Crippen LogP contribution is -2.26. The molecule has 0 atom stereocenters. The van der Waals surface area contributed by atoms with Crippen molar-refractivity contribution in [3.8, 4) is 0 Å². The van der Waals surface area contributed by atoms with Gasteiger partial charge in [0.05, 0.1) is 11.0 Å². The maximum atomic E-state index is 12.0. The van der Waals surface area contributed by atoms with Crippen molar-refractivity contribution < 1.29 is 14.5 Å². The Morgan fingerprint density at radius 2 is 2.09 bits per heavy atom. The number of anilines is 1. The van der Waals surface area contributed by atoms with Crippen molar-refractivity contribution in [2.24, 2.45) is 0 Å². The van der Waals surface area contributed by atoms with Crippen LogP contribution in [0.1, 0.15) is 48.9 Å². The summed E-state index contributed by atoms with van der Waals surface area (Å²) >= 11 is 0. The number of rotatable bonds is 7. The predicted octanol–water partition coefficient (Wildman–Crippen LogP) is 2.65. The molecule has 7 nitrogen and oxygen atoms in total. The second-order valence-electron chi connectivity index (χ2n) is 5.77. The summed E-state index contributed by atoms with van der Waals surface area (Å²) in [7, 11) is 0. The summed E-state index contributed by atoms with van der Waals surface area (Å²) in [6.45, 7) is 1.09. The first kappa shape index (κ1) is 17.2. The molecule has 0 saturated heterocycles. The summed E-state index contributed by atoms with van der Waals surface area (Å²) < 4.78 is 5.78. The Balaban J connectivity index is 1.72. The van der Waals surface area contributed by atoms with Crippen LogP contribution in [0.15, 0.2) is 18.2 Å². The molecule has 1 aliphatic rings.